The van der Waals surface area contributed by atoms with Gasteiger partial charge in [-0.25, -0.2) is 0 Å². The number of ether oxygens (including phenoxy) is 3. The lowest BCUT2D eigenvalue weighted by Crippen LogP contribution is -2.30. The molecule has 330 valence electrons. The van der Waals surface area contributed by atoms with E-state index in [-0.39, 0.29) is 38.0 Å². The monoisotopic (exact) mass is 807 g/mol. The number of esters is 3. The molecule has 0 aromatic rings. The molecule has 0 fully saturated rings. The average Bonchev–Trinajstić information content (AvgIpc) is 3.22. The molecule has 0 aliphatic heterocycles. The van der Waals surface area contributed by atoms with Crippen molar-refractivity contribution in [3.63, 3.8) is 0 Å². The van der Waals surface area contributed by atoms with Crippen LogP contribution in [-0.4, -0.2) is 37.2 Å². The van der Waals surface area contributed by atoms with Gasteiger partial charge in [0.2, 0.25) is 0 Å². The van der Waals surface area contributed by atoms with Crippen LogP contribution < -0.4 is 0 Å². The van der Waals surface area contributed by atoms with Gasteiger partial charge >= 0.3 is 17.9 Å². The van der Waals surface area contributed by atoms with Crippen molar-refractivity contribution >= 4 is 17.9 Å². The molecule has 6 nitrogen and oxygen atoms in total. The molecule has 0 bridgehead atoms. The van der Waals surface area contributed by atoms with E-state index in [1.54, 1.807) is 6.08 Å². The highest BCUT2D eigenvalue weighted by atomic mass is 16.6. The first-order valence-electron chi connectivity index (χ1n) is 23.6. The average molecular weight is 807 g/mol. The van der Waals surface area contributed by atoms with Gasteiger partial charge in [-0.15, -0.1) is 0 Å². The summed E-state index contributed by atoms with van der Waals surface area (Å²) < 4.78 is 16.6. The molecule has 0 aromatic heterocycles. The zero-order valence-corrected chi connectivity index (χ0v) is 37.5. The molecule has 0 heterocycles. The summed E-state index contributed by atoms with van der Waals surface area (Å²) in [6.45, 7) is 6.33. The zero-order chi connectivity index (χ0) is 42.3. The largest absolute Gasteiger partial charge is 0.462 e. The Bertz CT molecular complexity index is 1160. The molecule has 0 saturated carbocycles. The van der Waals surface area contributed by atoms with Crippen molar-refractivity contribution in [2.24, 2.45) is 0 Å². The summed E-state index contributed by atoms with van der Waals surface area (Å²) in [7, 11) is 0. The summed E-state index contributed by atoms with van der Waals surface area (Å²) in [6.07, 6.45) is 58.9. The van der Waals surface area contributed by atoms with Crippen LogP contribution in [-0.2, 0) is 28.6 Å². The third-order valence-corrected chi connectivity index (χ3v) is 9.67. The zero-order valence-electron chi connectivity index (χ0n) is 37.5. The predicted molar refractivity (Wildman–Crippen MR) is 247 cm³/mol. The maximum atomic E-state index is 12.7. The van der Waals surface area contributed by atoms with Crippen molar-refractivity contribution in [2.45, 2.75) is 213 Å². The number of allylic oxidation sites excluding steroid dienone is 13. The summed E-state index contributed by atoms with van der Waals surface area (Å²) in [5.74, 6) is -1.11. The Hall–Kier alpha value is -3.41. The number of hydrogen-bond acceptors (Lipinski definition) is 6. The summed E-state index contributed by atoms with van der Waals surface area (Å²) >= 11 is 0. The van der Waals surface area contributed by atoms with E-state index in [2.05, 4.69) is 93.7 Å². The van der Waals surface area contributed by atoms with E-state index in [0.29, 0.717) is 12.8 Å². The number of rotatable bonds is 41. The fourth-order valence-electron chi connectivity index (χ4n) is 6.14. The van der Waals surface area contributed by atoms with Crippen LogP contribution in [0.25, 0.3) is 0 Å². The SMILES string of the molecule is CC/C=C\C/C=C\C/C=C\CC(=O)OCC(COC(=O)CCC/C=C\C/C=C\C/C=C\C/C=C\CCCCC)OC(=O)CCCCCCCCCCCCCCCC. The molecule has 58 heavy (non-hydrogen) atoms. The Morgan fingerprint density at radius 2 is 0.759 bits per heavy atom. The van der Waals surface area contributed by atoms with Crippen LogP contribution in [0, 0.1) is 0 Å². The second-order valence-electron chi connectivity index (χ2n) is 15.3. The van der Waals surface area contributed by atoms with Gasteiger partial charge in [0.15, 0.2) is 6.10 Å². The second-order valence-corrected chi connectivity index (χ2v) is 15.3. The number of carbonyl (C=O) groups excluding carboxylic acids is 3. The highest BCUT2D eigenvalue weighted by Crippen LogP contribution is 2.14. The van der Waals surface area contributed by atoms with Crippen molar-refractivity contribution in [2.75, 3.05) is 13.2 Å². The lowest BCUT2D eigenvalue weighted by molar-refractivity contribution is -0.166. The van der Waals surface area contributed by atoms with Crippen LogP contribution in [0.15, 0.2) is 85.1 Å². The highest BCUT2D eigenvalue weighted by molar-refractivity contribution is 5.72. The van der Waals surface area contributed by atoms with Crippen LogP contribution >= 0.6 is 0 Å². The Morgan fingerprint density at radius 3 is 1.26 bits per heavy atom. The predicted octanol–water partition coefficient (Wildman–Crippen LogP) is 15.3. The molecule has 1 atom stereocenters. The lowest BCUT2D eigenvalue weighted by atomic mass is 10.0. The van der Waals surface area contributed by atoms with Crippen LogP contribution in [0.3, 0.4) is 0 Å². The van der Waals surface area contributed by atoms with E-state index in [1.807, 2.05) is 6.08 Å². The normalized spacial score (nSPS) is 12.8. The van der Waals surface area contributed by atoms with Gasteiger partial charge in [-0.05, 0) is 70.6 Å². The van der Waals surface area contributed by atoms with Gasteiger partial charge in [-0.3, -0.25) is 14.4 Å². The number of hydrogen-bond donors (Lipinski definition) is 0. The molecule has 0 N–H and O–H groups in total. The molecule has 0 aliphatic carbocycles. The van der Waals surface area contributed by atoms with Crippen molar-refractivity contribution in [3.05, 3.63) is 85.1 Å². The smallest absolute Gasteiger partial charge is 0.309 e. The third-order valence-electron chi connectivity index (χ3n) is 9.67. The van der Waals surface area contributed by atoms with Gasteiger partial charge in [0.05, 0.1) is 6.42 Å². The second kappa shape index (κ2) is 46.3. The van der Waals surface area contributed by atoms with Gasteiger partial charge < -0.3 is 14.2 Å². The minimum Gasteiger partial charge on any atom is -0.462 e. The quantitative estimate of drug-likeness (QED) is 0.0265. The Kier molecular flexibility index (Phi) is 43.6. The molecule has 0 spiro atoms. The first-order chi connectivity index (χ1) is 28.5. The van der Waals surface area contributed by atoms with Crippen LogP contribution in [0.5, 0.6) is 0 Å². The molecule has 0 saturated heterocycles. The fraction of sp³-hybridized carbons (Fsp3) is 0.673. The van der Waals surface area contributed by atoms with E-state index >= 15 is 0 Å². The summed E-state index contributed by atoms with van der Waals surface area (Å²) in [5.41, 5.74) is 0. The highest BCUT2D eigenvalue weighted by Gasteiger charge is 2.19. The van der Waals surface area contributed by atoms with Crippen LogP contribution in [0.1, 0.15) is 207 Å². The van der Waals surface area contributed by atoms with E-state index in [4.69, 9.17) is 14.2 Å². The van der Waals surface area contributed by atoms with Crippen molar-refractivity contribution in [3.8, 4) is 0 Å². The van der Waals surface area contributed by atoms with E-state index in [0.717, 1.165) is 64.2 Å². The third kappa shape index (κ3) is 43.7. The van der Waals surface area contributed by atoms with E-state index in [9.17, 15) is 14.4 Å². The maximum absolute atomic E-state index is 12.7. The lowest BCUT2D eigenvalue weighted by Gasteiger charge is -2.18. The van der Waals surface area contributed by atoms with Gasteiger partial charge in [0, 0.05) is 12.8 Å². The number of carbonyl (C=O) groups is 3. The minimum absolute atomic E-state index is 0.126. The molecule has 0 amide bonds. The van der Waals surface area contributed by atoms with Crippen LogP contribution in [0.4, 0.5) is 0 Å². The van der Waals surface area contributed by atoms with Gasteiger partial charge in [0.1, 0.15) is 13.2 Å². The minimum atomic E-state index is -0.830. The summed E-state index contributed by atoms with van der Waals surface area (Å²) in [5, 5.41) is 0. The topological polar surface area (TPSA) is 78.9 Å². The van der Waals surface area contributed by atoms with Gasteiger partial charge in [-0.2, -0.15) is 0 Å². The molecule has 0 radical (unpaired) electrons. The Labute approximate surface area is 356 Å². The van der Waals surface area contributed by atoms with Crippen LogP contribution in [0.2, 0.25) is 0 Å². The van der Waals surface area contributed by atoms with Crippen molar-refractivity contribution in [1.29, 1.82) is 0 Å². The molecule has 0 aromatic carbocycles. The molecule has 6 heteroatoms. The summed E-state index contributed by atoms with van der Waals surface area (Å²) in [6, 6.07) is 0. The fourth-order valence-corrected chi connectivity index (χ4v) is 6.14. The van der Waals surface area contributed by atoms with Crippen molar-refractivity contribution < 1.29 is 28.6 Å². The summed E-state index contributed by atoms with van der Waals surface area (Å²) in [4.78, 5) is 37.7. The van der Waals surface area contributed by atoms with Gasteiger partial charge in [-0.1, -0.05) is 202 Å². The van der Waals surface area contributed by atoms with E-state index < -0.39 is 12.1 Å². The molecular formula is C52H86O6. The standard InChI is InChI=1S/C52H86O6/c1-4-7-10-13-16-19-21-23-25-26-27-29-30-33-36-39-42-45-51(54)57-48-49(47-56-50(53)44-41-38-35-32-18-15-12-9-6-3)58-52(55)46-43-40-37-34-31-28-24-22-20-17-14-11-8-5-2/h9,12,16,18-19,23,25,27,29,32-33,36,38,41,49H,4-8,10-11,13-15,17,20-22,24,26,28,30-31,34-35,37,39-40,42-48H2,1-3H3/b12-9-,19-16-,25-23-,29-27-,32-18-,36-33-,41-38-. The molecular weight excluding hydrogens is 721 g/mol. The molecule has 0 rings (SSSR count). The first kappa shape index (κ1) is 54.6. The van der Waals surface area contributed by atoms with Crippen molar-refractivity contribution in [1.82, 2.24) is 0 Å². The Morgan fingerprint density at radius 1 is 0.379 bits per heavy atom. The molecule has 0 aliphatic rings. The van der Waals surface area contributed by atoms with E-state index in [1.165, 1.54) is 96.3 Å². The molecule has 1 unspecified atom stereocenters. The maximum Gasteiger partial charge on any atom is 0.309 e. The Balaban J connectivity index is 4.49. The first-order valence-corrected chi connectivity index (χ1v) is 23.6. The number of unbranched alkanes of at least 4 members (excludes halogenated alkanes) is 17. The van der Waals surface area contributed by atoms with Gasteiger partial charge in [0.25, 0.3) is 0 Å².